The Hall–Kier alpha value is -2.10. The van der Waals surface area contributed by atoms with E-state index in [1.54, 1.807) is 0 Å². The molecule has 0 amide bonds. The third-order valence-electron chi connectivity index (χ3n) is 3.11. The number of carbonyl (C=O) groups is 1. The van der Waals surface area contributed by atoms with Gasteiger partial charge in [-0.05, 0) is 24.1 Å². The molecule has 0 atom stereocenters. The molecule has 5 nitrogen and oxygen atoms in total. The predicted molar refractivity (Wildman–Crippen MR) is 70.2 cm³/mol. The fourth-order valence-corrected chi connectivity index (χ4v) is 2.50. The van der Waals surface area contributed by atoms with E-state index in [9.17, 15) is 30.8 Å². The number of benzene rings is 1. The molecule has 0 fully saturated rings. The van der Waals surface area contributed by atoms with E-state index in [4.69, 9.17) is 0 Å². The summed E-state index contributed by atoms with van der Waals surface area (Å²) in [5.74, 6) is -3.02. The van der Waals surface area contributed by atoms with Crippen LogP contribution in [0.2, 0.25) is 0 Å². The van der Waals surface area contributed by atoms with Crippen LogP contribution in [0.4, 0.5) is 17.6 Å². The Morgan fingerprint density at radius 2 is 1.87 bits per heavy atom. The van der Waals surface area contributed by atoms with Crippen molar-refractivity contribution in [2.45, 2.75) is 18.3 Å². The molecule has 1 aromatic carbocycles. The number of fused-ring (bicyclic) bond motifs is 1. The number of methoxy groups -OCH3 is 1. The Kier molecular flexibility index (Phi) is 4.38. The molecule has 0 aromatic heterocycles. The molecule has 0 radical (unpaired) electrons. The van der Waals surface area contributed by atoms with Gasteiger partial charge in [-0.2, -0.15) is 21.6 Å². The molecule has 0 bridgehead atoms. The fourth-order valence-electron chi connectivity index (χ4n) is 2.00. The molecule has 0 saturated heterocycles. The van der Waals surface area contributed by atoms with Crippen molar-refractivity contribution in [3.63, 3.8) is 0 Å². The molecule has 126 valence electrons. The van der Waals surface area contributed by atoms with Crippen molar-refractivity contribution in [3.8, 4) is 0 Å². The maximum atomic E-state index is 13.9. The van der Waals surface area contributed by atoms with Gasteiger partial charge in [0.1, 0.15) is 5.83 Å². The van der Waals surface area contributed by atoms with Gasteiger partial charge in [-0.15, -0.1) is 0 Å². The number of alkyl halides is 3. The minimum absolute atomic E-state index is 0.0774. The fraction of sp³-hybridized carbons (Fsp3) is 0.308. The van der Waals surface area contributed by atoms with Crippen molar-refractivity contribution >= 4 is 21.8 Å². The summed E-state index contributed by atoms with van der Waals surface area (Å²) in [6, 6.07) is 3.74. The number of esters is 1. The average Bonchev–Trinajstić information content (AvgIpc) is 2.47. The number of allylic oxidation sites excluding steroid dienone is 1. The van der Waals surface area contributed by atoms with Crippen molar-refractivity contribution in [2.75, 3.05) is 7.11 Å². The molecule has 1 aromatic rings. The Labute approximate surface area is 128 Å². The number of hydrogen-bond acceptors (Lipinski definition) is 5. The largest absolute Gasteiger partial charge is 0.534 e. The van der Waals surface area contributed by atoms with Gasteiger partial charge in [0.15, 0.2) is 5.76 Å². The molecule has 2 rings (SSSR count). The summed E-state index contributed by atoms with van der Waals surface area (Å²) in [5.41, 5.74) is -5.65. The minimum Gasteiger partial charge on any atom is -0.465 e. The first-order chi connectivity index (χ1) is 10.6. The molecular formula is C13H10F4O5S. The van der Waals surface area contributed by atoms with Gasteiger partial charge in [-0.3, -0.25) is 0 Å². The summed E-state index contributed by atoms with van der Waals surface area (Å²) in [4.78, 5) is 11.5. The predicted octanol–water partition coefficient (Wildman–Crippen LogP) is 2.92. The number of carbonyl (C=O) groups excluding carboxylic acids is 1. The van der Waals surface area contributed by atoms with Gasteiger partial charge < -0.3 is 8.92 Å². The smallest absolute Gasteiger partial charge is 0.465 e. The lowest BCUT2D eigenvalue weighted by atomic mass is 9.93. The second-order valence-corrected chi connectivity index (χ2v) is 6.12. The Balaban J connectivity index is 2.52. The van der Waals surface area contributed by atoms with Crippen molar-refractivity contribution in [2.24, 2.45) is 0 Å². The van der Waals surface area contributed by atoms with E-state index in [-0.39, 0.29) is 24.0 Å². The Bertz CT molecular complexity index is 780. The summed E-state index contributed by atoms with van der Waals surface area (Å²) >= 11 is 0. The van der Waals surface area contributed by atoms with Crippen LogP contribution < -0.4 is 0 Å². The SMILES string of the molecule is COC(=O)c1ccc2c(c1)C(OS(=O)(=O)C(F)(F)F)=C(F)CC2. The molecule has 10 heteroatoms. The number of ether oxygens (including phenoxy) is 1. The summed E-state index contributed by atoms with van der Waals surface area (Å²) in [6.07, 6.45) is -0.186. The number of hydrogen-bond donors (Lipinski definition) is 0. The number of aryl methyl sites for hydroxylation is 1. The van der Waals surface area contributed by atoms with Gasteiger partial charge in [0.25, 0.3) is 0 Å². The first-order valence-corrected chi connectivity index (χ1v) is 7.58. The molecule has 0 saturated carbocycles. The molecule has 0 aliphatic heterocycles. The van der Waals surface area contributed by atoms with E-state index >= 15 is 0 Å². The molecule has 23 heavy (non-hydrogen) atoms. The quantitative estimate of drug-likeness (QED) is 0.361. The van der Waals surface area contributed by atoms with Crippen molar-refractivity contribution in [1.29, 1.82) is 0 Å². The third kappa shape index (κ3) is 3.31. The van der Waals surface area contributed by atoms with Gasteiger partial charge in [-0.25, -0.2) is 9.18 Å². The highest BCUT2D eigenvalue weighted by Gasteiger charge is 2.49. The highest BCUT2D eigenvalue weighted by Crippen LogP contribution is 2.37. The van der Waals surface area contributed by atoms with Gasteiger partial charge >= 0.3 is 21.6 Å². The summed E-state index contributed by atoms with van der Waals surface area (Å²) < 4.78 is 81.8. The van der Waals surface area contributed by atoms with Gasteiger partial charge in [-0.1, -0.05) is 6.07 Å². The van der Waals surface area contributed by atoms with E-state index in [0.29, 0.717) is 5.56 Å². The maximum absolute atomic E-state index is 13.9. The first kappa shape index (κ1) is 17.3. The van der Waals surface area contributed by atoms with Crippen LogP contribution in [-0.2, 0) is 25.5 Å². The summed E-state index contributed by atoms with van der Waals surface area (Å²) in [7, 11) is -4.94. The van der Waals surface area contributed by atoms with Crippen molar-refractivity contribution < 1.29 is 39.7 Å². The van der Waals surface area contributed by atoms with E-state index in [1.807, 2.05) is 0 Å². The van der Waals surface area contributed by atoms with Crippen LogP contribution in [0.5, 0.6) is 0 Å². The van der Waals surface area contributed by atoms with Crippen LogP contribution in [0.25, 0.3) is 5.76 Å². The van der Waals surface area contributed by atoms with Gasteiger partial charge in [0.2, 0.25) is 0 Å². The van der Waals surface area contributed by atoms with E-state index in [1.165, 1.54) is 12.1 Å². The van der Waals surface area contributed by atoms with Crippen LogP contribution in [0.1, 0.15) is 27.9 Å². The molecule has 0 unspecified atom stereocenters. The summed E-state index contributed by atoms with van der Waals surface area (Å²) in [6.45, 7) is 0. The lowest BCUT2D eigenvalue weighted by Crippen LogP contribution is -2.26. The number of halogens is 4. The van der Waals surface area contributed by atoms with E-state index < -0.39 is 33.2 Å². The van der Waals surface area contributed by atoms with Crippen molar-refractivity contribution in [1.82, 2.24) is 0 Å². The second kappa shape index (κ2) is 5.84. The normalized spacial score (nSPS) is 15.2. The van der Waals surface area contributed by atoms with Crippen molar-refractivity contribution in [3.05, 3.63) is 40.7 Å². The highest BCUT2D eigenvalue weighted by molar-refractivity contribution is 7.87. The topological polar surface area (TPSA) is 69.7 Å². The molecule has 1 aliphatic rings. The molecule has 0 N–H and O–H groups in total. The Morgan fingerprint density at radius 3 is 2.43 bits per heavy atom. The zero-order valence-corrected chi connectivity index (χ0v) is 12.4. The zero-order valence-electron chi connectivity index (χ0n) is 11.6. The van der Waals surface area contributed by atoms with Gasteiger partial charge in [0.05, 0.1) is 12.7 Å². The first-order valence-electron chi connectivity index (χ1n) is 6.18. The second-order valence-electron chi connectivity index (χ2n) is 4.58. The van der Waals surface area contributed by atoms with Crippen LogP contribution in [0.3, 0.4) is 0 Å². The monoisotopic (exact) mass is 354 g/mol. The molecule has 0 heterocycles. The van der Waals surface area contributed by atoms with Gasteiger partial charge in [0, 0.05) is 12.0 Å². The molecular weight excluding hydrogens is 344 g/mol. The molecule has 1 aliphatic carbocycles. The zero-order chi connectivity index (χ0) is 17.4. The lowest BCUT2D eigenvalue weighted by Gasteiger charge is -2.20. The number of rotatable bonds is 3. The van der Waals surface area contributed by atoms with Crippen LogP contribution >= 0.6 is 0 Å². The summed E-state index contributed by atoms with van der Waals surface area (Å²) in [5, 5.41) is 0. The lowest BCUT2D eigenvalue weighted by molar-refractivity contribution is -0.0510. The van der Waals surface area contributed by atoms with E-state index in [2.05, 4.69) is 8.92 Å². The van der Waals surface area contributed by atoms with Crippen LogP contribution in [0.15, 0.2) is 24.0 Å². The van der Waals surface area contributed by atoms with E-state index in [0.717, 1.165) is 13.2 Å². The van der Waals surface area contributed by atoms with Crippen LogP contribution in [0, 0.1) is 0 Å². The minimum atomic E-state index is -6.03. The van der Waals surface area contributed by atoms with Crippen LogP contribution in [-0.4, -0.2) is 27.0 Å². The maximum Gasteiger partial charge on any atom is 0.534 e. The molecule has 0 spiro atoms. The highest BCUT2D eigenvalue weighted by atomic mass is 32.2. The third-order valence-corrected chi connectivity index (χ3v) is 4.07. The average molecular weight is 354 g/mol. The Morgan fingerprint density at radius 1 is 1.22 bits per heavy atom. The standard InChI is InChI=1S/C13H10F4O5S/c1-21-12(18)8-3-2-7-4-5-10(14)11(9(7)6-8)22-23(19,20)13(15,16)17/h2-3,6H,4-5H2,1H3.